The van der Waals surface area contributed by atoms with Gasteiger partial charge in [0.15, 0.2) is 0 Å². The maximum Gasteiger partial charge on any atom is 0.511 e. The molecule has 1 aliphatic carbocycles. The molecule has 3 nitrogen and oxygen atoms in total. The van der Waals surface area contributed by atoms with E-state index in [9.17, 15) is 4.79 Å². The molecule has 7 heavy (non-hydrogen) atoms. The molecule has 0 aromatic carbocycles. The Morgan fingerprint density at radius 1 is 2.00 bits per heavy atom. The second-order valence-electron chi connectivity index (χ2n) is 1.24. The number of hydrogen-bond donors (Lipinski definition) is 1. The van der Waals surface area contributed by atoms with Gasteiger partial charge in [-0.25, -0.2) is 4.79 Å². The van der Waals surface area contributed by atoms with Gasteiger partial charge in [-0.05, 0) is 6.08 Å². The highest BCUT2D eigenvalue weighted by atomic mass is 16.7. The largest absolute Gasteiger partial charge is 0.511 e. The standard InChI is InChI=1S/C4H4O3/c5-4(6)7-3-1-2-3/h1H,2H2,(H,5,6). The van der Waals surface area contributed by atoms with E-state index in [1.165, 1.54) is 0 Å². The Morgan fingerprint density at radius 2 is 2.57 bits per heavy atom. The molecule has 0 spiro atoms. The number of carboxylic acid groups (broad SMARTS) is 1. The van der Waals surface area contributed by atoms with E-state index < -0.39 is 6.16 Å². The van der Waals surface area contributed by atoms with Crippen molar-refractivity contribution in [1.29, 1.82) is 0 Å². The zero-order valence-corrected chi connectivity index (χ0v) is 3.55. The van der Waals surface area contributed by atoms with Crippen LogP contribution >= 0.6 is 0 Å². The minimum atomic E-state index is -1.22. The maximum absolute atomic E-state index is 9.59. The maximum atomic E-state index is 9.59. The molecule has 38 valence electrons. The topological polar surface area (TPSA) is 46.5 Å². The van der Waals surface area contributed by atoms with Crippen molar-refractivity contribution in [2.24, 2.45) is 0 Å². The normalized spacial score (nSPS) is 15.1. The number of rotatable bonds is 1. The van der Waals surface area contributed by atoms with Crippen molar-refractivity contribution in [3.63, 3.8) is 0 Å². The first-order valence-corrected chi connectivity index (χ1v) is 1.89. The molecule has 0 aliphatic heterocycles. The van der Waals surface area contributed by atoms with Crippen LogP contribution in [0, 0.1) is 0 Å². The lowest BCUT2D eigenvalue weighted by molar-refractivity contribution is 0.122. The molecule has 0 aromatic rings. The van der Waals surface area contributed by atoms with E-state index in [0.717, 1.165) is 0 Å². The van der Waals surface area contributed by atoms with Crippen LogP contribution in [-0.2, 0) is 4.74 Å². The average Bonchev–Trinajstić information content (AvgIpc) is 2.17. The molecule has 0 amide bonds. The van der Waals surface area contributed by atoms with Crippen molar-refractivity contribution in [2.45, 2.75) is 6.42 Å². The van der Waals surface area contributed by atoms with Crippen LogP contribution in [0.5, 0.6) is 0 Å². The Morgan fingerprint density at radius 3 is 2.71 bits per heavy atom. The van der Waals surface area contributed by atoms with Gasteiger partial charge in [-0.2, -0.15) is 0 Å². The highest BCUT2D eigenvalue weighted by Crippen LogP contribution is 2.18. The summed E-state index contributed by atoms with van der Waals surface area (Å²) in [7, 11) is 0. The first-order chi connectivity index (χ1) is 3.29. The van der Waals surface area contributed by atoms with Crippen molar-refractivity contribution in [1.82, 2.24) is 0 Å². The van der Waals surface area contributed by atoms with Crippen LogP contribution in [-0.4, -0.2) is 11.3 Å². The van der Waals surface area contributed by atoms with Crippen molar-refractivity contribution >= 4 is 6.16 Å². The molecule has 0 heterocycles. The Labute approximate surface area is 40.2 Å². The fourth-order valence-electron chi connectivity index (χ4n) is 0.237. The number of hydrogen-bond acceptors (Lipinski definition) is 2. The SMILES string of the molecule is O=C(O)OC1=CC1. The number of carbonyl (C=O) groups is 1. The monoisotopic (exact) mass is 100 g/mol. The molecule has 0 unspecified atom stereocenters. The van der Waals surface area contributed by atoms with Crippen molar-refractivity contribution in [3.8, 4) is 0 Å². The molecule has 3 heteroatoms. The Hall–Kier alpha value is -0.990. The highest BCUT2D eigenvalue weighted by Gasteiger charge is 2.11. The zero-order chi connectivity index (χ0) is 5.28. The summed E-state index contributed by atoms with van der Waals surface area (Å²) in [6.45, 7) is 0. The van der Waals surface area contributed by atoms with Crippen molar-refractivity contribution in [3.05, 3.63) is 11.8 Å². The fraction of sp³-hybridized carbons (Fsp3) is 0.250. The van der Waals surface area contributed by atoms with Crippen LogP contribution in [0.15, 0.2) is 11.8 Å². The van der Waals surface area contributed by atoms with Gasteiger partial charge < -0.3 is 9.84 Å². The predicted molar refractivity (Wildman–Crippen MR) is 21.8 cm³/mol. The Balaban J connectivity index is 2.21. The molecule has 0 radical (unpaired) electrons. The van der Waals surface area contributed by atoms with Gasteiger partial charge in [0.1, 0.15) is 5.76 Å². The summed E-state index contributed by atoms with van der Waals surface area (Å²) in [5.41, 5.74) is 0. The van der Waals surface area contributed by atoms with E-state index in [1.54, 1.807) is 6.08 Å². The molecular formula is C4H4O3. The van der Waals surface area contributed by atoms with Gasteiger partial charge in [-0.3, -0.25) is 0 Å². The summed E-state index contributed by atoms with van der Waals surface area (Å²) in [5, 5.41) is 7.86. The van der Waals surface area contributed by atoms with Crippen molar-refractivity contribution in [2.75, 3.05) is 0 Å². The third kappa shape index (κ3) is 1.26. The molecule has 1 N–H and O–H groups in total. The second-order valence-corrected chi connectivity index (χ2v) is 1.24. The highest BCUT2D eigenvalue weighted by molar-refractivity contribution is 5.59. The summed E-state index contributed by atoms with van der Waals surface area (Å²) in [4.78, 5) is 9.59. The van der Waals surface area contributed by atoms with Crippen LogP contribution in [0.3, 0.4) is 0 Å². The lowest BCUT2D eigenvalue weighted by atomic mass is 10.8. The lowest BCUT2D eigenvalue weighted by Crippen LogP contribution is -1.92. The molecular weight excluding hydrogens is 96.0 g/mol. The molecule has 0 fully saturated rings. The van der Waals surface area contributed by atoms with Gasteiger partial charge >= 0.3 is 6.16 Å². The summed E-state index contributed by atoms with van der Waals surface area (Å²) in [6, 6.07) is 0. The third-order valence-electron chi connectivity index (χ3n) is 0.589. The van der Waals surface area contributed by atoms with E-state index in [2.05, 4.69) is 4.74 Å². The molecule has 0 atom stereocenters. The summed E-state index contributed by atoms with van der Waals surface area (Å²) < 4.78 is 4.14. The molecule has 1 rings (SSSR count). The molecule has 0 bridgehead atoms. The van der Waals surface area contributed by atoms with Gasteiger partial charge in [-0.15, -0.1) is 0 Å². The van der Waals surface area contributed by atoms with Gasteiger partial charge in [-0.1, -0.05) is 0 Å². The van der Waals surface area contributed by atoms with Gasteiger partial charge in [0, 0.05) is 6.42 Å². The first kappa shape index (κ1) is 4.18. The zero-order valence-electron chi connectivity index (χ0n) is 3.55. The molecule has 0 saturated carbocycles. The third-order valence-corrected chi connectivity index (χ3v) is 0.589. The van der Waals surface area contributed by atoms with Gasteiger partial charge in [0.25, 0.3) is 0 Å². The van der Waals surface area contributed by atoms with Crippen LogP contribution < -0.4 is 0 Å². The summed E-state index contributed by atoms with van der Waals surface area (Å²) >= 11 is 0. The van der Waals surface area contributed by atoms with Crippen LogP contribution in [0.4, 0.5) is 4.79 Å². The van der Waals surface area contributed by atoms with Gasteiger partial charge in [0.2, 0.25) is 0 Å². The smallest absolute Gasteiger partial charge is 0.449 e. The minimum Gasteiger partial charge on any atom is -0.449 e. The average molecular weight is 100 g/mol. The van der Waals surface area contributed by atoms with Crippen molar-refractivity contribution < 1.29 is 14.6 Å². The van der Waals surface area contributed by atoms with E-state index in [1.807, 2.05) is 0 Å². The number of allylic oxidation sites excluding steroid dienone is 2. The number of ether oxygens (including phenoxy) is 1. The van der Waals surface area contributed by atoms with E-state index in [-0.39, 0.29) is 0 Å². The Kier molecular flexibility index (Phi) is 0.749. The predicted octanol–water partition coefficient (Wildman–Crippen LogP) is 0.969. The molecule has 0 aromatic heterocycles. The van der Waals surface area contributed by atoms with Crippen LogP contribution in [0.25, 0.3) is 0 Å². The second kappa shape index (κ2) is 1.26. The molecule has 0 saturated heterocycles. The van der Waals surface area contributed by atoms with E-state index in [0.29, 0.717) is 12.2 Å². The van der Waals surface area contributed by atoms with E-state index in [4.69, 9.17) is 5.11 Å². The summed E-state index contributed by atoms with van der Waals surface area (Å²) in [6.07, 6.45) is 1.18. The lowest BCUT2D eigenvalue weighted by Gasteiger charge is -1.85. The minimum absolute atomic E-state index is 0.563. The van der Waals surface area contributed by atoms with Crippen LogP contribution in [0.2, 0.25) is 0 Å². The Bertz CT molecular complexity index is 125. The van der Waals surface area contributed by atoms with E-state index >= 15 is 0 Å². The van der Waals surface area contributed by atoms with Gasteiger partial charge in [0.05, 0.1) is 0 Å². The first-order valence-electron chi connectivity index (χ1n) is 1.89. The van der Waals surface area contributed by atoms with Crippen LogP contribution in [0.1, 0.15) is 6.42 Å². The fourth-order valence-corrected chi connectivity index (χ4v) is 0.237. The quantitative estimate of drug-likeness (QED) is 0.499. The molecule has 1 aliphatic rings. The summed E-state index contributed by atoms with van der Waals surface area (Å²) in [5.74, 6) is 0.563.